The number of carbonyl (C=O) groups is 3. The van der Waals surface area contributed by atoms with Gasteiger partial charge in [0.2, 0.25) is 0 Å². The average Bonchev–Trinajstić information content (AvgIpc) is 2.90. The highest BCUT2D eigenvalue weighted by Crippen LogP contribution is 2.32. The third-order valence-corrected chi connectivity index (χ3v) is 4.49. The number of esters is 1. The number of hydrogen-bond acceptors (Lipinski definition) is 6. The molecule has 0 radical (unpaired) electrons. The monoisotopic (exact) mass is 356 g/mol. The van der Waals surface area contributed by atoms with Gasteiger partial charge in [-0.2, -0.15) is 0 Å². The Labute approximate surface area is 149 Å². The fourth-order valence-electron chi connectivity index (χ4n) is 2.38. The van der Waals surface area contributed by atoms with E-state index in [-0.39, 0.29) is 11.1 Å². The molecule has 0 unspecified atom stereocenters. The first-order chi connectivity index (χ1) is 12.1. The van der Waals surface area contributed by atoms with Crippen LogP contribution in [-0.4, -0.2) is 29.1 Å². The molecule has 0 spiro atoms. The van der Waals surface area contributed by atoms with Crippen LogP contribution in [0.1, 0.15) is 17.3 Å². The minimum atomic E-state index is -0.707. The summed E-state index contributed by atoms with van der Waals surface area (Å²) in [7, 11) is 0. The van der Waals surface area contributed by atoms with Crippen LogP contribution in [0.5, 0.6) is 0 Å². The van der Waals surface area contributed by atoms with Crippen LogP contribution in [0.25, 0.3) is 0 Å². The van der Waals surface area contributed by atoms with Crippen LogP contribution in [0.15, 0.2) is 54.6 Å². The summed E-state index contributed by atoms with van der Waals surface area (Å²) in [6.45, 7) is 2.05. The molecule has 7 heteroatoms. The molecule has 1 aliphatic heterocycles. The van der Waals surface area contributed by atoms with Crippen molar-refractivity contribution in [2.24, 2.45) is 0 Å². The maximum absolute atomic E-state index is 12.5. The number of nitrogens with zero attached hydrogens (tertiary/aromatic N) is 1. The lowest BCUT2D eigenvalue weighted by Crippen LogP contribution is -2.34. The van der Waals surface area contributed by atoms with Crippen LogP contribution in [-0.2, 0) is 9.53 Å². The van der Waals surface area contributed by atoms with E-state index in [1.807, 2.05) is 6.07 Å². The van der Waals surface area contributed by atoms with Crippen molar-refractivity contribution in [3.63, 3.8) is 0 Å². The van der Waals surface area contributed by atoms with Crippen molar-refractivity contribution >= 4 is 40.3 Å². The maximum Gasteiger partial charge on any atom is 0.338 e. The van der Waals surface area contributed by atoms with Crippen molar-refractivity contribution in [2.45, 2.75) is 12.3 Å². The van der Waals surface area contributed by atoms with E-state index in [4.69, 9.17) is 4.74 Å². The van der Waals surface area contributed by atoms with Crippen LogP contribution in [0.4, 0.5) is 16.2 Å². The standard InChI is InChI=1S/C18H16N2O4S/c1-2-24-17(22)12-8-10-13(11-9-12)19-15-16(21)20(18(23)25-15)14-6-4-3-5-7-14/h3-11,15,19H,2H2,1H3/t15-/m1/s1. The number of amides is 2. The van der Waals surface area contributed by atoms with Crippen LogP contribution >= 0.6 is 11.8 Å². The number of anilines is 2. The molecule has 3 rings (SSSR count). The van der Waals surface area contributed by atoms with Gasteiger partial charge in [0.25, 0.3) is 11.1 Å². The molecule has 6 nitrogen and oxygen atoms in total. The molecular formula is C18H16N2O4S. The molecule has 1 saturated heterocycles. The number of nitrogens with one attached hydrogen (secondary N) is 1. The van der Waals surface area contributed by atoms with Gasteiger partial charge in [-0.05, 0) is 55.1 Å². The lowest BCUT2D eigenvalue weighted by Gasteiger charge is -2.15. The Kier molecular flexibility index (Phi) is 5.04. The van der Waals surface area contributed by atoms with Gasteiger partial charge in [-0.25, -0.2) is 9.69 Å². The Morgan fingerprint density at radius 2 is 1.80 bits per heavy atom. The number of imide groups is 1. The fraction of sp³-hybridized carbons (Fsp3) is 0.167. The smallest absolute Gasteiger partial charge is 0.338 e. The second-order valence-electron chi connectivity index (χ2n) is 5.22. The average molecular weight is 356 g/mol. The van der Waals surface area contributed by atoms with E-state index in [0.717, 1.165) is 16.7 Å². The summed E-state index contributed by atoms with van der Waals surface area (Å²) in [5.41, 5.74) is 1.62. The van der Waals surface area contributed by atoms with E-state index in [1.54, 1.807) is 55.5 Å². The van der Waals surface area contributed by atoms with Crippen molar-refractivity contribution in [3.05, 3.63) is 60.2 Å². The molecule has 0 aromatic heterocycles. The van der Waals surface area contributed by atoms with Gasteiger partial charge in [0.05, 0.1) is 17.9 Å². The largest absolute Gasteiger partial charge is 0.462 e. The molecule has 1 aliphatic rings. The summed E-state index contributed by atoms with van der Waals surface area (Å²) >= 11 is 0.925. The summed E-state index contributed by atoms with van der Waals surface area (Å²) in [5, 5.41) is 1.99. The summed E-state index contributed by atoms with van der Waals surface area (Å²) < 4.78 is 4.93. The molecule has 1 heterocycles. The van der Waals surface area contributed by atoms with E-state index < -0.39 is 11.3 Å². The van der Waals surface area contributed by atoms with Gasteiger partial charge in [0.15, 0.2) is 5.37 Å². The van der Waals surface area contributed by atoms with Crippen molar-refractivity contribution in [1.82, 2.24) is 0 Å². The highest BCUT2D eigenvalue weighted by Gasteiger charge is 2.40. The summed E-state index contributed by atoms with van der Waals surface area (Å²) in [5.74, 6) is -0.721. The third kappa shape index (κ3) is 3.66. The van der Waals surface area contributed by atoms with Crippen LogP contribution in [0, 0.1) is 0 Å². The zero-order chi connectivity index (χ0) is 17.8. The zero-order valence-corrected chi connectivity index (χ0v) is 14.3. The highest BCUT2D eigenvalue weighted by molar-refractivity contribution is 8.16. The van der Waals surface area contributed by atoms with E-state index in [9.17, 15) is 14.4 Å². The predicted molar refractivity (Wildman–Crippen MR) is 96.7 cm³/mol. The number of ether oxygens (including phenoxy) is 1. The summed E-state index contributed by atoms with van der Waals surface area (Å²) in [6.07, 6.45) is 0. The highest BCUT2D eigenvalue weighted by atomic mass is 32.2. The van der Waals surface area contributed by atoms with Crippen LogP contribution in [0.3, 0.4) is 0 Å². The Morgan fingerprint density at radius 3 is 2.44 bits per heavy atom. The molecular weight excluding hydrogens is 340 g/mol. The molecule has 25 heavy (non-hydrogen) atoms. The minimum Gasteiger partial charge on any atom is -0.462 e. The SMILES string of the molecule is CCOC(=O)c1ccc(N[C@@H]2SC(=O)N(c3ccccc3)C2=O)cc1. The molecule has 0 saturated carbocycles. The topological polar surface area (TPSA) is 75.7 Å². The molecule has 1 N–H and O–H groups in total. The van der Waals surface area contributed by atoms with Gasteiger partial charge in [0, 0.05) is 5.69 Å². The predicted octanol–water partition coefficient (Wildman–Crippen LogP) is 3.50. The number of rotatable bonds is 5. The van der Waals surface area contributed by atoms with Gasteiger partial charge in [-0.3, -0.25) is 9.59 Å². The molecule has 2 amide bonds. The van der Waals surface area contributed by atoms with E-state index in [2.05, 4.69) is 5.32 Å². The van der Waals surface area contributed by atoms with Crippen molar-refractivity contribution in [1.29, 1.82) is 0 Å². The van der Waals surface area contributed by atoms with E-state index >= 15 is 0 Å². The Bertz CT molecular complexity index is 792. The zero-order valence-electron chi connectivity index (χ0n) is 13.5. The summed E-state index contributed by atoms with van der Waals surface area (Å²) in [6, 6.07) is 15.4. The van der Waals surface area contributed by atoms with Crippen molar-refractivity contribution in [2.75, 3.05) is 16.8 Å². The van der Waals surface area contributed by atoms with Gasteiger partial charge in [-0.1, -0.05) is 18.2 Å². The van der Waals surface area contributed by atoms with Crippen molar-refractivity contribution in [3.8, 4) is 0 Å². The fourth-order valence-corrected chi connectivity index (χ4v) is 3.28. The number of hydrogen-bond donors (Lipinski definition) is 1. The first-order valence-electron chi connectivity index (χ1n) is 7.73. The molecule has 128 valence electrons. The normalized spacial score (nSPS) is 16.8. The third-order valence-electron chi connectivity index (χ3n) is 3.55. The maximum atomic E-state index is 12.5. The number of thioether (sulfide) groups is 1. The van der Waals surface area contributed by atoms with Gasteiger partial charge < -0.3 is 10.1 Å². The van der Waals surface area contributed by atoms with E-state index in [1.165, 1.54) is 0 Å². The first-order valence-corrected chi connectivity index (χ1v) is 8.61. The number of benzene rings is 2. The molecule has 2 aromatic rings. The Morgan fingerprint density at radius 1 is 1.12 bits per heavy atom. The minimum absolute atomic E-state index is 0.309. The Hall–Kier alpha value is -2.80. The summed E-state index contributed by atoms with van der Waals surface area (Å²) in [4.78, 5) is 37.5. The van der Waals surface area contributed by atoms with Crippen LogP contribution < -0.4 is 10.2 Å². The number of para-hydroxylation sites is 1. The molecule has 0 bridgehead atoms. The molecule has 0 aliphatic carbocycles. The van der Waals surface area contributed by atoms with Crippen LogP contribution in [0.2, 0.25) is 0 Å². The van der Waals surface area contributed by atoms with Crippen molar-refractivity contribution < 1.29 is 19.1 Å². The molecule has 1 fully saturated rings. The Balaban J connectivity index is 1.70. The van der Waals surface area contributed by atoms with Gasteiger partial charge >= 0.3 is 5.97 Å². The number of carbonyl (C=O) groups excluding carboxylic acids is 3. The molecule has 1 atom stereocenters. The second kappa shape index (κ2) is 7.40. The lowest BCUT2D eigenvalue weighted by molar-refractivity contribution is -0.116. The second-order valence-corrected chi connectivity index (χ2v) is 6.27. The van der Waals surface area contributed by atoms with Gasteiger partial charge in [-0.15, -0.1) is 0 Å². The quantitative estimate of drug-likeness (QED) is 0.827. The molecule has 2 aromatic carbocycles. The van der Waals surface area contributed by atoms with E-state index in [0.29, 0.717) is 23.5 Å². The van der Waals surface area contributed by atoms with Gasteiger partial charge in [0.1, 0.15) is 0 Å². The lowest BCUT2D eigenvalue weighted by atomic mass is 10.2. The first kappa shape index (κ1) is 17.0.